The average Bonchev–Trinajstić information content (AvgIpc) is 2.95. The predicted octanol–water partition coefficient (Wildman–Crippen LogP) is 3.91. The first kappa shape index (κ1) is 17.4. The van der Waals surface area contributed by atoms with Crippen molar-refractivity contribution in [3.8, 4) is 0 Å². The van der Waals surface area contributed by atoms with Crippen LogP contribution in [0.3, 0.4) is 0 Å². The molecule has 2 N–H and O–H groups in total. The molecular weight excluding hydrogens is 358 g/mol. The van der Waals surface area contributed by atoms with Gasteiger partial charge in [0, 0.05) is 11.9 Å². The molecule has 1 aromatic heterocycles. The van der Waals surface area contributed by atoms with Crippen LogP contribution in [0.2, 0.25) is 0 Å². The molecule has 0 saturated carbocycles. The highest BCUT2D eigenvalue weighted by atomic mass is 32.2. The van der Waals surface area contributed by atoms with Crippen LogP contribution in [0.25, 0.3) is 10.2 Å². The highest BCUT2D eigenvalue weighted by Gasteiger charge is 2.12. The molecule has 2 aromatic carbocycles. The summed E-state index contributed by atoms with van der Waals surface area (Å²) in [6.07, 6.45) is 2.10. The quantitative estimate of drug-likeness (QED) is 0.724. The second kappa shape index (κ2) is 6.81. The lowest BCUT2D eigenvalue weighted by molar-refractivity contribution is 0.262. The number of amides is 2. The molecule has 8 heteroatoms. The number of benzene rings is 2. The van der Waals surface area contributed by atoms with E-state index >= 15 is 0 Å². The fourth-order valence-corrected chi connectivity index (χ4v) is 3.89. The summed E-state index contributed by atoms with van der Waals surface area (Å²) in [5, 5.41) is 5.82. The SMILES string of the molecule is CCc1ccc(NC(=O)Nc2nc3ccc(S(C)(=O)=O)cc3s2)cc1. The van der Waals surface area contributed by atoms with Gasteiger partial charge in [-0.15, -0.1) is 0 Å². The molecule has 0 atom stereocenters. The summed E-state index contributed by atoms with van der Waals surface area (Å²) in [7, 11) is -3.28. The minimum atomic E-state index is -3.28. The Labute approximate surface area is 149 Å². The molecule has 0 aliphatic rings. The molecule has 0 aliphatic carbocycles. The molecule has 6 nitrogen and oxygen atoms in total. The first-order valence-corrected chi connectivity index (χ1v) is 10.3. The number of thiazole rings is 1. The molecule has 25 heavy (non-hydrogen) atoms. The van der Waals surface area contributed by atoms with E-state index in [4.69, 9.17) is 0 Å². The average molecular weight is 375 g/mol. The summed E-state index contributed by atoms with van der Waals surface area (Å²) < 4.78 is 23.9. The zero-order chi connectivity index (χ0) is 18.0. The minimum absolute atomic E-state index is 0.232. The Hall–Kier alpha value is -2.45. The van der Waals surface area contributed by atoms with Gasteiger partial charge >= 0.3 is 6.03 Å². The van der Waals surface area contributed by atoms with Gasteiger partial charge in [-0.1, -0.05) is 30.4 Å². The number of nitrogens with one attached hydrogen (secondary N) is 2. The van der Waals surface area contributed by atoms with Crippen molar-refractivity contribution in [3.05, 3.63) is 48.0 Å². The van der Waals surface area contributed by atoms with Crippen molar-refractivity contribution in [1.29, 1.82) is 0 Å². The van der Waals surface area contributed by atoms with Crippen molar-refractivity contribution in [3.63, 3.8) is 0 Å². The van der Waals surface area contributed by atoms with Crippen molar-refractivity contribution in [2.75, 3.05) is 16.9 Å². The highest BCUT2D eigenvalue weighted by Crippen LogP contribution is 2.28. The maximum Gasteiger partial charge on any atom is 0.325 e. The largest absolute Gasteiger partial charge is 0.325 e. The Bertz CT molecular complexity index is 1020. The van der Waals surface area contributed by atoms with Crippen LogP contribution in [0.1, 0.15) is 12.5 Å². The Morgan fingerprint density at radius 1 is 1.12 bits per heavy atom. The van der Waals surface area contributed by atoms with Crippen LogP contribution in [0.5, 0.6) is 0 Å². The summed E-state index contributed by atoms with van der Waals surface area (Å²) in [6.45, 7) is 2.07. The second-order valence-electron chi connectivity index (χ2n) is 5.55. The van der Waals surface area contributed by atoms with Gasteiger partial charge in [-0.05, 0) is 42.3 Å². The number of carbonyl (C=O) groups is 1. The van der Waals surface area contributed by atoms with E-state index in [0.29, 0.717) is 21.0 Å². The first-order chi connectivity index (χ1) is 11.8. The molecule has 0 spiro atoms. The smallest absolute Gasteiger partial charge is 0.308 e. The zero-order valence-corrected chi connectivity index (χ0v) is 15.4. The molecule has 0 fully saturated rings. The van der Waals surface area contributed by atoms with E-state index in [2.05, 4.69) is 22.5 Å². The number of aromatic nitrogens is 1. The topological polar surface area (TPSA) is 88.2 Å². The van der Waals surface area contributed by atoms with Crippen LogP contribution in [0, 0.1) is 0 Å². The fraction of sp³-hybridized carbons (Fsp3) is 0.176. The summed E-state index contributed by atoms with van der Waals surface area (Å²) in [4.78, 5) is 16.6. The molecule has 2 amide bonds. The van der Waals surface area contributed by atoms with E-state index in [1.54, 1.807) is 12.1 Å². The molecule has 0 bridgehead atoms. The predicted molar refractivity (Wildman–Crippen MR) is 101 cm³/mol. The van der Waals surface area contributed by atoms with Gasteiger partial charge in [0.15, 0.2) is 15.0 Å². The Morgan fingerprint density at radius 2 is 1.84 bits per heavy atom. The van der Waals surface area contributed by atoms with E-state index in [1.807, 2.05) is 24.3 Å². The fourth-order valence-electron chi connectivity index (χ4n) is 2.27. The number of nitrogens with zero attached hydrogens (tertiary/aromatic N) is 1. The van der Waals surface area contributed by atoms with Gasteiger partial charge in [-0.3, -0.25) is 5.32 Å². The van der Waals surface area contributed by atoms with Gasteiger partial charge in [0.2, 0.25) is 0 Å². The van der Waals surface area contributed by atoms with Crippen molar-refractivity contribution in [2.24, 2.45) is 0 Å². The summed E-state index contributed by atoms with van der Waals surface area (Å²) >= 11 is 1.23. The highest BCUT2D eigenvalue weighted by molar-refractivity contribution is 7.90. The molecule has 0 unspecified atom stereocenters. The van der Waals surface area contributed by atoms with Gasteiger partial charge in [-0.2, -0.15) is 0 Å². The lowest BCUT2D eigenvalue weighted by Crippen LogP contribution is -2.19. The van der Waals surface area contributed by atoms with E-state index in [1.165, 1.54) is 23.0 Å². The van der Waals surface area contributed by atoms with Crippen LogP contribution >= 0.6 is 11.3 Å². The second-order valence-corrected chi connectivity index (χ2v) is 8.60. The van der Waals surface area contributed by atoms with Crippen molar-refractivity contribution < 1.29 is 13.2 Å². The number of rotatable bonds is 4. The number of urea groups is 1. The maximum atomic E-state index is 12.1. The number of hydrogen-bond donors (Lipinski definition) is 2. The van der Waals surface area contributed by atoms with Crippen molar-refractivity contribution >= 4 is 48.2 Å². The molecule has 130 valence electrons. The molecule has 0 saturated heterocycles. The minimum Gasteiger partial charge on any atom is -0.308 e. The van der Waals surface area contributed by atoms with Crippen LogP contribution in [0.4, 0.5) is 15.6 Å². The van der Waals surface area contributed by atoms with Gasteiger partial charge in [0.05, 0.1) is 15.1 Å². The number of hydrogen-bond acceptors (Lipinski definition) is 5. The van der Waals surface area contributed by atoms with Crippen LogP contribution < -0.4 is 10.6 Å². The Kier molecular flexibility index (Phi) is 4.73. The van der Waals surface area contributed by atoms with Crippen LogP contribution in [-0.4, -0.2) is 25.7 Å². The van der Waals surface area contributed by atoms with Crippen LogP contribution in [-0.2, 0) is 16.3 Å². The van der Waals surface area contributed by atoms with Gasteiger partial charge < -0.3 is 5.32 Å². The number of fused-ring (bicyclic) bond motifs is 1. The monoisotopic (exact) mass is 375 g/mol. The van der Waals surface area contributed by atoms with E-state index < -0.39 is 15.9 Å². The Balaban J connectivity index is 1.74. The number of anilines is 2. The molecule has 0 radical (unpaired) electrons. The summed E-state index contributed by atoms with van der Waals surface area (Å²) in [5.41, 5.74) is 2.52. The third-order valence-corrected chi connectivity index (χ3v) is 5.67. The van der Waals surface area contributed by atoms with Crippen molar-refractivity contribution in [1.82, 2.24) is 4.98 Å². The van der Waals surface area contributed by atoms with E-state index in [0.717, 1.165) is 12.7 Å². The lowest BCUT2D eigenvalue weighted by atomic mass is 10.1. The molecule has 3 rings (SSSR count). The molecular formula is C17H17N3O3S2. The van der Waals surface area contributed by atoms with Gasteiger partial charge in [-0.25, -0.2) is 18.2 Å². The van der Waals surface area contributed by atoms with E-state index in [9.17, 15) is 13.2 Å². The zero-order valence-electron chi connectivity index (χ0n) is 13.7. The summed E-state index contributed by atoms with van der Waals surface area (Å²) in [5.74, 6) is 0. The van der Waals surface area contributed by atoms with Gasteiger partial charge in [0.1, 0.15) is 0 Å². The lowest BCUT2D eigenvalue weighted by Gasteiger charge is -2.05. The van der Waals surface area contributed by atoms with Crippen LogP contribution in [0.15, 0.2) is 47.4 Å². The first-order valence-electron chi connectivity index (χ1n) is 7.63. The molecule has 0 aliphatic heterocycles. The standard InChI is InChI=1S/C17H17N3O3S2/c1-3-11-4-6-12(7-5-11)18-16(21)20-17-19-14-9-8-13(25(2,22)23)10-15(14)24-17/h4-10H,3H2,1-2H3,(H2,18,19,20,21). The van der Waals surface area contributed by atoms with Crippen molar-refractivity contribution in [2.45, 2.75) is 18.2 Å². The third-order valence-electron chi connectivity index (χ3n) is 3.63. The number of aryl methyl sites for hydroxylation is 1. The Morgan fingerprint density at radius 3 is 2.48 bits per heavy atom. The number of sulfone groups is 1. The molecule has 3 aromatic rings. The maximum absolute atomic E-state index is 12.1. The molecule has 1 heterocycles. The normalized spacial score (nSPS) is 11.4. The number of carbonyl (C=O) groups excluding carboxylic acids is 1. The summed E-state index contributed by atoms with van der Waals surface area (Å²) in [6, 6.07) is 11.9. The third kappa shape index (κ3) is 4.15. The van der Waals surface area contributed by atoms with Gasteiger partial charge in [0.25, 0.3) is 0 Å². The van der Waals surface area contributed by atoms with E-state index in [-0.39, 0.29) is 4.90 Å².